The average Bonchev–Trinajstić information content (AvgIpc) is 3.59. The van der Waals surface area contributed by atoms with Gasteiger partial charge in [0, 0.05) is 33.7 Å². The van der Waals surface area contributed by atoms with Gasteiger partial charge in [-0.2, -0.15) is 9.97 Å². The van der Waals surface area contributed by atoms with Crippen molar-refractivity contribution in [2.75, 3.05) is 56.2 Å². The number of aromatic nitrogens is 6. The normalized spacial score (nSPS) is 17.0. The molecule has 0 atom stereocenters. The largest absolute Gasteiger partial charge is 0.390 e. The molecule has 3 aromatic heterocycles. The van der Waals surface area contributed by atoms with Gasteiger partial charge < -0.3 is 24.2 Å². The Balaban J connectivity index is 1.31. The smallest absolute Gasteiger partial charge is 0.241 e. The van der Waals surface area contributed by atoms with Crippen molar-refractivity contribution in [3.8, 4) is 5.95 Å². The number of benzene rings is 2. The summed E-state index contributed by atoms with van der Waals surface area (Å²) in [7, 11) is 4.12. The number of aryl methyl sites for hydroxylation is 1. The molecule has 2 saturated heterocycles. The number of aliphatic hydroxyl groups is 1. The molecule has 0 spiro atoms. The van der Waals surface area contributed by atoms with Crippen LogP contribution in [0.5, 0.6) is 0 Å². The summed E-state index contributed by atoms with van der Waals surface area (Å²) in [6.07, 6.45) is 1.95. The monoisotopic (exact) mass is 609 g/mol. The van der Waals surface area contributed by atoms with E-state index in [9.17, 15) is 5.11 Å². The summed E-state index contributed by atoms with van der Waals surface area (Å²) in [6, 6.07) is 18.6. The van der Waals surface area contributed by atoms with Crippen molar-refractivity contribution < 1.29 is 9.84 Å². The summed E-state index contributed by atoms with van der Waals surface area (Å²) < 4.78 is 9.91. The molecular formula is C34H43N9O2. The van der Waals surface area contributed by atoms with Gasteiger partial charge in [-0.05, 0) is 63.4 Å². The number of likely N-dealkylation sites (tertiary alicyclic amines) is 1. The lowest BCUT2D eigenvalue weighted by molar-refractivity contribution is -0.0139. The van der Waals surface area contributed by atoms with Gasteiger partial charge in [0.15, 0.2) is 17.0 Å². The van der Waals surface area contributed by atoms with Gasteiger partial charge in [0.25, 0.3) is 0 Å². The van der Waals surface area contributed by atoms with Crippen LogP contribution in [0.1, 0.15) is 38.1 Å². The number of nitrogens with zero attached hydrogens (tertiary/aromatic N) is 9. The molecule has 5 aromatic rings. The first-order valence-corrected chi connectivity index (χ1v) is 16.0. The highest BCUT2D eigenvalue weighted by Crippen LogP contribution is 2.32. The minimum Gasteiger partial charge on any atom is -0.390 e. The second-order valence-electron chi connectivity index (χ2n) is 13.0. The molecule has 0 aliphatic carbocycles. The van der Waals surface area contributed by atoms with Crippen LogP contribution in [-0.4, -0.2) is 91.1 Å². The van der Waals surface area contributed by atoms with Gasteiger partial charge >= 0.3 is 0 Å². The summed E-state index contributed by atoms with van der Waals surface area (Å²) in [5.41, 5.74) is 4.02. The fourth-order valence-electron chi connectivity index (χ4n) is 6.71. The lowest BCUT2D eigenvalue weighted by atomic mass is 9.83. The SMILES string of the molecule is CN(Cc1ccccc1)c1nc2ccccc2n1-c1nc(N2CCOCC2)c2nc(CN3CCC(C(C)(C)O)CC3)n(C)c2n1. The molecule has 5 heterocycles. The number of imidazole rings is 2. The third-order valence-corrected chi connectivity index (χ3v) is 9.39. The van der Waals surface area contributed by atoms with Crippen LogP contribution in [0.15, 0.2) is 54.6 Å². The van der Waals surface area contributed by atoms with E-state index in [2.05, 4.69) is 68.3 Å². The molecule has 236 valence electrons. The highest BCUT2D eigenvalue weighted by Gasteiger charge is 2.31. The highest BCUT2D eigenvalue weighted by atomic mass is 16.5. The minimum atomic E-state index is -0.644. The summed E-state index contributed by atoms with van der Waals surface area (Å²) >= 11 is 0. The Hall–Kier alpha value is -4.06. The van der Waals surface area contributed by atoms with E-state index in [0.29, 0.717) is 31.6 Å². The molecule has 2 aliphatic rings. The maximum atomic E-state index is 10.5. The molecule has 11 heteroatoms. The zero-order chi connectivity index (χ0) is 31.1. The van der Waals surface area contributed by atoms with E-state index >= 15 is 0 Å². The molecule has 1 N–H and O–H groups in total. The van der Waals surface area contributed by atoms with E-state index in [1.165, 1.54) is 5.56 Å². The average molecular weight is 610 g/mol. The number of hydrogen-bond acceptors (Lipinski definition) is 9. The number of ether oxygens (including phenoxy) is 1. The van der Waals surface area contributed by atoms with Crippen LogP contribution in [0.3, 0.4) is 0 Å². The summed E-state index contributed by atoms with van der Waals surface area (Å²) in [5, 5.41) is 10.5. The summed E-state index contributed by atoms with van der Waals surface area (Å²) in [6.45, 7) is 9.93. The third kappa shape index (κ3) is 5.87. The predicted octanol–water partition coefficient (Wildman–Crippen LogP) is 4.16. The van der Waals surface area contributed by atoms with Crippen molar-refractivity contribution in [3.63, 3.8) is 0 Å². The van der Waals surface area contributed by atoms with Crippen LogP contribution in [0, 0.1) is 5.92 Å². The fraction of sp³-hybridized carbons (Fsp3) is 0.471. The minimum absolute atomic E-state index is 0.315. The van der Waals surface area contributed by atoms with Gasteiger partial charge in [-0.1, -0.05) is 42.5 Å². The molecule has 2 aliphatic heterocycles. The first kappa shape index (κ1) is 29.6. The topological polar surface area (TPSA) is 101 Å². The number of para-hydroxylation sites is 2. The van der Waals surface area contributed by atoms with Gasteiger partial charge in [0.05, 0.1) is 36.4 Å². The zero-order valence-corrected chi connectivity index (χ0v) is 26.7. The van der Waals surface area contributed by atoms with Crippen molar-refractivity contribution >= 4 is 34.0 Å². The quantitative estimate of drug-likeness (QED) is 0.278. The van der Waals surface area contributed by atoms with Crippen LogP contribution in [-0.2, 0) is 24.9 Å². The van der Waals surface area contributed by atoms with Crippen molar-refractivity contribution in [1.82, 2.24) is 34.0 Å². The maximum absolute atomic E-state index is 10.5. The third-order valence-electron chi connectivity index (χ3n) is 9.39. The van der Waals surface area contributed by atoms with Crippen LogP contribution < -0.4 is 9.80 Å². The second-order valence-corrected chi connectivity index (χ2v) is 13.0. The molecule has 11 nitrogen and oxygen atoms in total. The van der Waals surface area contributed by atoms with Crippen molar-refractivity contribution in [1.29, 1.82) is 0 Å². The van der Waals surface area contributed by atoms with Crippen LogP contribution >= 0.6 is 0 Å². The zero-order valence-electron chi connectivity index (χ0n) is 26.7. The predicted molar refractivity (Wildman–Crippen MR) is 177 cm³/mol. The van der Waals surface area contributed by atoms with Gasteiger partial charge in [-0.15, -0.1) is 0 Å². The summed E-state index contributed by atoms with van der Waals surface area (Å²) in [5.74, 6) is 3.47. The Kier molecular flexibility index (Phi) is 7.93. The van der Waals surface area contributed by atoms with Gasteiger partial charge in [-0.3, -0.25) is 4.90 Å². The molecule has 45 heavy (non-hydrogen) atoms. The van der Waals surface area contributed by atoms with Crippen LogP contribution in [0.2, 0.25) is 0 Å². The molecule has 0 unspecified atom stereocenters. The molecule has 0 amide bonds. The van der Waals surface area contributed by atoms with Crippen molar-refractivity contribution in [2.45, 2.75) is 45.4 Å². The van der Waals surface area contributed by atoms with Gasteiger partial charge in [-0.25, -0.2) is 14.5 Å². The molecule has 2 aromatic carbocycles. The first-order valence-electron chi connectivity index (χ1n) is 16.0. The molecule has 2 fully saturated rings. The number of morpholine rings is 1. The lowest BCUT2D eigenvalue weighted by Crippen LogP contribution is -2.41. The van der Waals surface area contributed by atoms with E-state index in [1.807, 2.05) is 38.1 Å². The van der Waals surface area contributed by atoms with E-state index in [4.69, 9.17) is 24.7 Å². The Labute approximate surface area is 264 Å². The van der Waals surface area contributed by atoms with Gasteiger partial charge in [0.2, 0.25) is 11.9 Å². The summed E-state index contributed by atoms with van der Waals surface area (Å²) in [4.78, 5) is 27.6. The standard InChI is InChI=1S/C34H43N9O2/c1-34(2,44)25-14-16-41(17-15-25)23-28-36-29-30(40(28)4)37-32(38-31(29)42-18-20-45-21-19-42)43-27-13-9-8-12-26(27)35-33(43)39(3)22-24-10-6-5-7-11-24/h5-13,25,44H,14-23H2,1-4H3. The molecular weight excluding hydrogens is 566 g/mol. The van der Waals surface area contributed by atoms with Crippen molar-refractivity contribution in [3.05, 3.63) is 66.0 Å². The number of fused-ring (bicyclic) bond motifs is 2. The van der Waals surface area contributed by atoms with E-state index < -0.39 is 5.60 Å². The molecule has 0 saturated carbocycles. The lowest BCUT2D eigenvalue weighted by Gasteiger charge is -2.37. The Bertz CT molecular complexity index is 1780. The fourth-order valence-corrected chi connectivity index (χ4v) is 6.71. The van der Waals surface area contributed by atoms with E-state index in [0.717, 1.165) is 85.4 Å². The molecule has 0 bridgehead atoms. The second kappa shape index (κ2) is 12.0. The van der Waals surface area contributed by atoms with Crippen molar-refractivity contribution in [2.24, 2.45) is 13.0 Å². The number of piperidine rings is 1. The van der Waals surface area contributed by atoms with Crippen LogP contribution in [0.4, 0.5) is 11.8 Å². The van der Waals surface area contributed by atoms with E-state index in [-0.39, 0.29) is 0 Å². The number of hydrogen-bond donors (Lipinski definition) is 1. The Morgan fingerprint density at radius 2 is 1.62 bits per heavy atom. The van der Waals surface area contributed by atoms with Crippen LogP contribution in [0.25, 0.3) is 28.1 Å². The molecule has 7 rings (SSSR count). The van der Waals surface area contributed by atoms with Gasteiger partial charge in [0.1, 0.15) is 5.82 Å². The highest BCUT2D eigenvalue weighted by molar-refractivity contribution is 5.86. The first-order chi connectivity index (χ1) is 21.8. The Morgan fingerprint density at radius 1 is 0.911 bits per heavy atom. The maximum Gasteiger partial charge on any atom is 0.241 e. The number of anilines is 2. The Morgan fingerprint density at radius 3 is 2.36 bits per heavy atom. The van der Waals surface area contributed by atoms with E-state index in [1.54, 1.807) is 0 Å². The number of rotatable bonds is 8. The molecule has 0 radical (unpaired) electrons.